The number of ketones is 1. The summed E-state index contributed by atoms with van der Waals surface area (Å²) in [5.74, 6) is 1.23. The highest BCUT2D eigenvalue weighted by molar-refractivity contribution is 5.86. The molecule has 0 saturated heterocycles. The van der Waals surface area contributed by atoms with E-state index in [0.29, 0.717) is 5.92 Å². The first-order valence-electron chi connectivity index (χ1n) is 4.93. The summed E-state index contributed by atoms with van der Waals surface area (Å²) in [5, 5.41) is 0. The van der Waals surface area contributed by atoms with Crippen molar-refractivity contribution in [3.8, 4) is 0 Å². The van der Waals surface area contributed by atoms with Crippen LogP contribution < -0.4 is 0 Å². The molecule has 4 bridgehead atoms. The first-order chi connectivity index (χ1) is 5.75. The zero-order valence-corrected chi connectivity index (χ0v) is 7.00. The van der Waals surface area contributed by atoms with Crippen molar-refractivity contribution >= 4 is 5.78 Å². The van der Waals surface area contributed by atoms with Gasteiger partial charge in [-0.05, 0) is 37.5 Å². The second-order valence-electron chi connectivity index (χ2n) is 4.72. The van der Waals surface area contributed by atoms with Crippen molar-refractivity contribution in [2.75, 3.05) is 0 Å². The van der Waals surface area contributed by atoms with E-state index in [2.05, 4.69) is 0 Å². The van der Waals surface area contributed by atoms with E-state index in [0.717, 1.165) is 25.7 Å². The van der Waals surface area contributed by atoms with Gasteiger partial charge in [0.1, 0.15) is 12.0 Å². The summed E-state index contributed by atoms with van der Waals surface area (Å²) in [6, 6.07) is 0. The van der Waals surface area contributed by atoms with Gasteiger partial charge in [0.05, 0.1) is 0 Å². The Kier molecular flexibility index (Phi) is 1.23. The molecule has 5 atom stereocenters. The average Bonchev–Trinajstić information content (AvgIpc) is 2.07. The van der Waals surface area contributed by atoms with Crippen molar-refractivity contribution in [1.29, 1.82) is 0 Å². The highest BCUT2D eigenvalue weighted by Gasteiger charge is 2.53. The third-order valence-electron chi connectivity index (χ3n) is 4.03. The van der Waals surface area contributed by atoms with Gasteiger partial charge in [0.15, 0.2) is 0 Å². The molecule has 0 heterocycles. The molecular weight excluding hydrogens is 155 g/mol. The molecule has 0 radical (unpaired) electrons. The molecule has 0 amide bonds. The Morgan fingerprint density at radius 2 is 2.00 bits per heavy atom. The van der Waals surface area contributed by atoms with Gasteiger partial charge in [-0.1, -0.05) is 0 Å². The number of hydrogen-bond acceptors (Lipinski definition) is 1. The Hall–Kier alpha value is -0.400. The summed E-state index contributed by atoms with van der Waals surface area (Å²) in [6.45, 7) is 0. The minimum atomic E-state index is -0.787. The van der Waals surface area contributed by atoms with Crippen LogP contribution in [-0.2, 0) is 4.79 Å². The van der Waals surface area contributed by atoms with E-state index >= 15 is 0 Å². The maximum Gasteiger partial charge on any atom is 0.141 e. The second-order valence-corrected chi connectivity index (χ2v) is 4.72. The summed E-state index contributed by atoms with van der Waals surface area (Å²) >= 11 is 0. The Labute approximate surface area is 71.3 Å². The van der Waals surface area contributed by atoms with Crippen molar-refractivity contribution in [3.63, 3.8) is 0 Å². The second kappa shape index (κ2) is 2.09. The summed E-state index contributed by atoms with van der Waals surface area (Å²) in [5.41, 5.74) is 0. The van der Waals surface area contributed by atoms with Gasteiger partial charge in [-0.2, -0.15) is 0 Å². The van der Waals surface area contributed by atoms with Crippen LogP contribution in [-0.4, -0.2) is 12.0 Å². The Bertz CT molecular complexity index is 238. The minimum Gasteiger partial charge on any atom is -0.299 e. The third kappa shape index (κ3) is 0.711. The van der Waals surface area contributed by atoms with Crippen LogP contribution in [0.1, 0.15) is 25.7 Å². The Balaban J connectivity index is 1.98. The Morgan fingerprint density at radius 3 is 2.83 bits per heavy atom. The molecule has 0 aromatic carbocycles. The van der Waals surface area contributed by atoms with E-state index < -0.39 is 6.17 Å². The lowest BCUT2D eigenvalue weighted by Crippen LogP contribution is -2.52. The summed E-state index contributed by atoms with van der Waals surface area (Å²) in [6.07, 6.45) is 3.05. The summed E-state index contributed by atoms with van der Waals surface area (Å²) in [4.78, 5) is 11.5. The zero-order valence-electron chi connectivity index (χ0n) is 7.00. The smallest absolute Gasteiger partial charge is 0.141 e. The van der Waals surface area contributed by atoms with E-state index in [9.17, 15) is 9.18 Å². The topological polar surface area (TPSA) is 17.1 Å². The lowest BCUT2D eigenvalue weighted by atomic mass is 9.55. The molecule has 0 N–H and O–H groups in total. The Morgan fingerprint density at radius 1 is 1.17 bits per heavy atom. The van der Waals surface area contributed by atoms with Gasteiger partial charge in [0.2, 0.25) is 0 Å². The predicted molar refractivity (Wildman–Crippen MR) is 42.3 cm³/mol. The summed E-state index contributed by atoms with van der Waals surface area (Å²) in [7, 11) is 0. The number of halogens is 1. The predicted octanol–water partition coefficient (Wildman–Crippen LogP) is 1.96. The standard InChI is InChI=1S/C10H13FO/c11-9-6-1-5-2-7(4-6)10(12)8(9)3-5/h5-9H,1-4H2/t5?,6?,7?,8?,9-/m1/s1. The van der Waals surface area contributed by atoms with E-state index in [4.69, 9.17) is 0 Å². The van der Waals surface area contributed by atoms with Crippen LogP contribution in [0.15, 0.2) is 0 Å². The number of carbonyl (C=O) groups is 1. The zero-order chi connectivity index (χ0) is 8.29. The fourth-order valence-electron chi connectivity index (χ4n) is 3.56. The fraction of sp³-hybridized carbons (Fsp3) is 0.900. The van der Waals surface area contributed by atoms with Gasteiger partial charge in [-0.3, -0.25) is 4.79 Å². The average molecular weight is 168 g/mol. The highest BCUT2D eigenvalue weighted by atomic mass is 19.1. The van der Waals surface area contributed by atoms with Crippen molar-refractivity contribution in [2.24, 2.45) is 23.7 Å². The molecule has 66 valence electrons. The molecule has 0 aromatic rings. The molecule has 4 aliphatic rings. The molecule has 1 nitrogen and oxygen atoms in total. The molecule has 4 saturated carbocycles. The molecule has 4 rings (SSSR count). The van der Waals surface area contributed by atoms with E-state index in [1.807, 2.05) is 0 Å². The molecule has 4 unspecified atom stereocenters. The lowest BCUT2D eigenvalue weighted by Gasteiger charge is -2.50. The largest absolute Gasteiger partial charge is 0.299 e. The number of alkyl halides is 1. The molecule has 12 heavy (non-hydrogen) atoms. The van der Waals surface area contributed by atoms with E-state index in [1.54, 1.807) is 0 Å². The van der Waals surface area contributed by atoms with Crippen molar-refractivity contribution in [2.45, 2.75) is 31.9 Å². The maximum absolute atomic E-state index is 13.5. The van der Waals surface area contributed by atoms with Crippen molar-refractivity contribution in [1.82, 2.24) is 0 Å². The maximum atomic E-state index is 13.5. The number of rotatable bonds is 0. The van der Waals surface area contributed by atoms with Gasteiger partial charge >= 0.3 is 0 Å². The highest BCUT2D eigenvalue weighted by Crippen LogP contribution is 2.52. The van der Waals surface area contributed by atoms with Gasteiger partial charge in [0, 0.05) is 11.8 Å². The molecule has 0 aromatic heterocycles. The van der Waals surface area contributed by atoms with Gasteiger partial charge in [-0.15, -0.1) is 0 Å². The number of hydrogen-bond donors (Lipinski definition) is 0. The molecule has 0 aliphatic heterocycles. The van der Waals surface area contributed by atoms with E-state index in [1.165, 1.54) is 0 Å². The van der Waals surface area contributed by atoms with Gasteiger partial charge in [0.25, 0.3) is 0 Å². The van der Waals surface area contributed by atoms with E-state index in [-0.39, 0.29) is 23.5 Å². The van der Waals surface area contributed by atoms with Gasteiger partial charge < -0.3 is 0 Å². The molecular formula is C10H13FO. The van der Waals surface area contributed by atoms with Crippen LogP contribution in [0, 0.1) is 23.7 Å². The molecule has 4 aliphatic carbocycles. The van der Waals surface area contributed by atoms with Crippen LogP contribution in [0.4, 0.5) is 4.39 Å². The lowest BCUT2D eigenvalue weighted by molar-refractivity contribution is -0.147. The summed E-state index contributed by atoms with van der Waals surface area (Å²) < 4.78 is 13.5. The first-order valence-corrected chi connectivity index (χ1v) is 4.93. The minimum absolute atomic E-state index is 0.193. The number of Topliss-reactive ketones (excluding diaryl/α,β-unsaturated/α-hetero) is 1. The van der Waals surface area contributed by atoms with Crippen LogP contribution in [0.2, 0.25) is 0 Å². The number of carbonyl (C=O) groups excluding carboxylic acids is 1. The van der Waals surface area contributed by atoms with Crippen LogP contribution in [0.25, 0.3) is 0 Å². The molecule has 4 fully saturated rings. The van der Waals surface area contributed by atoms with Crippen molar-refractivity contribution in [3.05, 3.63) is 0 Å². The van der Waals surface area contributed by atoms with Crippen LogP contribution in [0.5, 0.6) is 0 Å². The van der Waals surface area contributed by atoms with Crippen LogP contribution in [0.3, 0.4) is 0 Å². The van der Waals surface area contributed by atoms with Crippen molar-refractivity contribution < 1.29 is 9.18 Å². The SMILES string of the molecule is O=C1C2CC3CC(C2)[C@@H](F)C1C3. The molecule has 0 spiro atoms. The van der Waals surface area contributed by atoms with Crippen LogP contribution >= 0.6 is 0 Å². The first kappa shape index (κ1) is 7.05. The van der Waals surface area contributed by atoms with Gasteiger partial charge in [-0.25, -0.2) is 4.39 Å². The fourth-order valence-corrected chi connectivity index (χ4v) is 3.56. The quantitative estimate of drug-likeness (QED) is 0.540. The normalized spacial score (nSPS) is 56.4. The monoisotopic (exact) mass is 168 g/mol. The molecule has 2 heteroatoms. The third-order valence-corrected chi connectivity index (χ3v) is 4.03.